The third-order valence-corrected chi connectivity index (χ3v) is 3.60. The summed E-state index contributed by atoms with van der Waals surface area (Å²) in [5, 5.41) is 11.8. The highest BCUT2D eigenvalue weighted by Crippen LogP contribution is 2.19. The van der Waals surface area contributed by atoms with Crippen molar-refractivity contribution in [1.82, 2.24) is 15.2 Å². The van der Waals surface area contributed by atoms with Gasteiger partial charge in [-0.3, -0.25) is 10.1 Å². The zero-order chi connectivity index (χ0) is 14.7. The summed E-state index contributed by atoms with van der Waals surface area (Å²) in [6.07, 6.45) is 6.91. The number of carbonyl (C=O) groups excluding carboxylic acids is 1. The largest absolute Gasteiger partial charge is 0.465 e. The molecule has 0 radical (unpaired) electrons. The maximum atomic E-state index is 12.0. The van der Waals surface area contributed by atoms with Crippen molar-refractivity contribution in [3.05, 3.63) is 52.7 Å². The first-order chi connectivity index (χ1) is 10.2. The van der Waals surface area contributed by atoms with Crippen LogP contribution in [0.25, 0.3) is 12.2 Å². The molecule has 3 aromatic rings. The topological polar surface area (TPSA) is 83.8 Å². The zero-order valence-electron chi connectivity index (χ0n) is 11.2. The number of hydrogen-bond acceptors (Lipinski definition) is 5. The lowest BCUT2D eigenvalue weighted by molar-refractivity contribution is 0.102. The first-order valence-electron chi connectivity index (χ1n) is 6.23. The minimum Gasteiger partial charge on any atom is -0.465 e. The Kier molecular flexibility index (Phi) is 3.65. The molecule has 1 amide bonds. The molecule has 0 saturated heterocycles. The fourth-order valence-corrected chi connectivity index (χ4v) is 2.40. The van der Waals surface area contributed by atoms with Crippen LogP contribution in [-0.2, 0) is 0 Å². The summed E-state index contributed by atoms with van der Waals surface area (Å²) >= 11 is 1.29. The summed E-state index contributed by atoms with van der Waals surface area (Å²) in [6.45, 7) is 1.84. The van der Waals surface area contributed by atoms with E-state index in [1.54, 1.807) is 30.7 Å². The molecule has 6 nitrogen and oxygen atoms in total. The Morgan fingerprint density at radius 2 is 2.29 bits per heavy atom. The minimum atomic E-state index is -0.202. The summed E-state index contributed by atoms with van der Waals surface area (Å²) < 4.78 is 5.19. The van der Waals surface area contributed by atoms with E-state index < -0.39 is 0 Å². The minimum absolute atomic E-state index is 0.202. The van der Waals surface area contributed by atoms with E-state index in [1.165, 1.54) is 11.3 Å². The molecule has 0 aromatic carbocycles. The van der Waals surface area contributed by atoms with Crippen LogP contribution in [0.15, 0.2) is 35.1 Å². The Hall–Kier alpha value is -2.67. The molecule has 3 aromatic heterocycles. The summed E-state index contributed by atoms with van der Waals surface area (Å²) in [6, 6.07) is 5.38. The number of H-pyrrole nitrogens is 1. The molecule has 3 rings (SSSR count). The van der Waals surface area contributed by atoms with Crippen LogP contribution in [-0.4, -0.2) is 21.1 Å². The maximum Gasteiger partial charge on any atom is 0.259 e. The number of nitrogens with zero attached hydrogens (tertiary/aromatic N) is 2. The van der Waals surface area contributed by atoms with E-state index in [0.29, 0.717) is 15.7 Å². The Bertz CT molecular complexity index is 771. The summed E-state index contributed by atoms with van der Waals surface area (Å²) in [5.74, 6) is 0.533. The number of hydrogen-bond donors (Lipinski definition) is 2. The molecule has 0 fully saturated rings. The predicted octanol–water partition coefficient (Wildman–Crippen LogP) is 3.19. The summed E-state index contributed by atoms with van der Waals surface area (Å²) in [7, 11) is 0. The van der Waals surface area contributed by atoms with Gasteiger partial charge in [-0.15, -0.1) is 10.2 Å². The van der Waals surface area contributed by atoms with Crippen molar-refractivity contribution in [2.24, 2.45) is 0 Å². The van der Waals surface area contributed by atoms with E-state index >= 15 is 0 Å². The normalized spacial score (nSPS) is 11.1. The molecule has 0 unspecified atom stereocenters. The van der Waals surface area contributed by atoms with Gasteiger partial charge in [0, 0.05) is 11.9 Å². The van der Waals surface area contributed by atoms with Gasteiger partial charge in [-0.25, -0.2) is 0 Å². The SMILES string of the molecule is Cc1[nH]ccc1C(=O)Nc1nnc(C=Cc2ccco2)s1. The average molecular weight is 300 g/mol. The highest BCUT2D eigenvalue weighted by molar-refractivity contribution is 7.16. The number of carbonyl (C=O) groups is 1. The molecule has 21 heavy (non-hydrogen) atoms. The van der Waals surface area contributed by atoms with Crippen LogP contribution < -0.4 is 5.32 Å². The van der Waals surface area contributed by atoms with E-state index in [2.05, 4.69) is 20.5 Å². The molecule has 0 saturated carbocycles. The molecule has 0 atom stereocenters. The van der Waals surface area contributed by atoms with Gasteiger partial charge in [0.2, 0.25) is 5.13 Å². The zero-order valence-corrected chi connectivity index (χ0v) is 12.0. The van der Waals surface area contributed by atoms with Gasteiger partial charge in [0.05, 0.1) is 11.8 Å². The van der Waals surface area contributed by atoms with Gasteiger partial charge in [0.25, 0.3) is 5.91 Å². The highest BCUT2D eigenvalue weighted by atomic mass is 32.1. The Balaban J connectivity index is 1.68. The molecular weight excluding hydrogens is 288 g/mol. The molecule has 2 N–H and O–H groups in total. The Morgan fingerprint density at radius 3 is 3.00 bits per heavy atom. The molecule has 0 aliphatic heterocycles. The third kappa shape index (κ3) is 3.09. The lowest BCUT2D eigenvalue weighted by Crippen LogP contribution is -2.12. The van der Waals surface area contributed by atoms with Gasteiger partial charge in [-0.1, -0.05) is 11.3 Å². The first-order valence-corrected chi connectivity index (χ1v) is 7.04. The van der Waals surface area contributed by atoms with Crippen LogP contribution in [0.1, 0.15) is 26.8 Å². The summed E-state index contributed by atoms with van der Waals surface area (Å²) in [4.78, 5) is 15.0. The number of amides is 1. The van der Waals surface area contributed by atoms with E-state index in [4.69, 9.17) is 4.42 Å². The Morgan fingerprint density at radius 1 is 1.38 bits per heavy atom. The number of rotatable bonds is 4. The molecule has 0 aliphatic carbocycles. The molecular formula is C14H12N4O2S. The van der Waals surface area contributed by atoms with Gasteiger partial charge in [-0.05, 0) is 37.3 Å². The van der Waals surface area contributed by atoms with Crippen molar-refractivity contribution in [2.75, 3.05) is 5.32 Å². The maximum absolute atomic E-state index is 12.0. The third-order valence-electron chi connectivity index (χ3n) is 2.79. The van der Waals surface area contributed by atoms with E-state index in [-0.39, 0.29) is 5.91 Å². The van der Waals surface area contributed by atoms with E-state index in [1.807, 2.05) is 19.1 Å². The molecule has 7 heteroatoms. The van der Waals surface area contributed by atoms with Crippen LogP contribution in [0.4, 0.5) is 5.13 Å². The van der Waals surface area contributed by atoms with Crippen LogP contribution in [0.5, 0.6) is 0 Å². The van der Waals surface area contributed by atoms with Gasteiger partial charge in [0.1, 0.15) is 10.8 Å². The smallest absolute Gasteiger partial charge is 0.259 e. The van der Waals surface area contributed by atoms with E-state index in [9.17, 15) is 4.79 Å². The van der Waals surface area contributed by atoms with Crippen molar-refractivity contribution < 1.29 is 9.21 Å². The van der Waals surface area contributed by atoms with Crippen LogP contribution in [0.3, 0.4) is 0 Å². The second-order valence-electron chi connectivity index (χ2n) is 4.26. The molecule has 0 spiro atoms. The fraction of sp³-hybridized carbons (Fsp3) is 0.0714. The Labute approximate surface area is 124 Å². The van der Waals surface area contributed by atoms with Crippen LogP contribution in [0.2, 0.25) is 0 Å². The van der Waals surface area contributed by atoms with Crippen LogP contribution in [0, 0.1) is 6.92 Å². The van der Waals surface area contributed by atoms with Crippen molar-refractivity contribution in [2.45, 2.75) is 6.92 Å². The molecule has 0 bridgehead atoms. The second-order valence-corrected chi connectivity index (χ2v) is 5.27. The van der Waals surface area contributed by atoms with Crippen molar-refractivity contribution in [1.29, 1.82) is 0 Å². The number of aryl methyl sites for hydroxylation is 1. The number of nitrogens with one attached hydrogen (secondary N) is 2. The fourth-order valence-electron chi connectivity index (χ4n) is 1.76. The molecule has 0 aliphatic rings. The summed E-state index contributed by atoms with van der Waals surface area (Å²) in [5.41, 5.74) is 1.41. The number of furan rings is 1. The van der Waals surface area contributed by atoms with Gasteiger partial charge >= 0.3 is 0 Å². The van der Waals surface area contributed by atoms with Crippen molar-refractivity contribution >= 4 is 34.5 Å². The van der Waals surface area contributed by atoms with Crippen molar-refractivity contribution in [3.8, 4) is 0 Å². The van der Waals surface area contributed by atoms with Gasteiger partial charge < -0.3 is 9.40 Å². The lowest BCUT2D eigenvalue weighted by atomic mass is 10.2. The second kappa shape index (κ2) is 5.76. The standard InChI is InChI=1S/C14H12N4O2S/c1-9-11(6-7-15-9)13(19)16-14-18-17-12(21-14)5-4-10-3-2-8-20-10/h2-8,15H,1H3,(H,16,18,19). The monoisotopic (exact) mass is 300 g/mol. The number of aromatic amines is 1. The lowest BCUT2D eigenvalue weighted by Gasteiger charge is -1.99. The van der Waals surface area contributed by atoms with E-state index in [0.717, 1.165) is 11.5 Å². The predicted molar refractivity (Wildman–Crippen MR) is 81.0 cm³/mol. The first kappa shape index (κ1) is 13.3. The highest BCUT2D eigenvalue weighted by Gasteiger charge is 2.12. The number of anilines is 1. The van der Waals surface area contributed by atoms with Crippen LogP contribution >= 0.6 is 11.3 Å². The van der Waals surface area contributed by atoms with Crippen molar-refractivity contribution in [3.63, 3.8) is 0 Å². The molecule has 106 valence electrons. The van der Waals surface area contributed by atoms with Gasteiger partial charge in [0.15, 0.2) is 0 Å². The number of aromatic nitrogens is 3. The quantitative estimate of drug-likeness (QED) is 0.775. The average Bonchev–Trinajstić information content (AvgIpc) is 3.17. The van der Waals surface area contributed by atoms with Gasteiger partial charge in [-0.2, -0.15) is 0 Å². The molecule has 3 heterocycles.